The van der Waals surface area contributed by atoms with Gasteiger partial charge in [0, 0.05) is 18.1 Å². The Bertz CT molecular complexity index is 439. The molecule has 1 N–H and O–H groups in total. The van der Waals surface area contributed by atoms with Gasteiger partial charge in [-0.2, -0.15) is 0 Å². The minimum absolute atomic E-state index is 0.242. The molecule has 2 nitrogen and oxygen atoms in total. The molecule has 1 aromatic carbocycles. The monoisotopic (exact) mass is 300 g/mol. The van der Waals surface area contributed by atoms with Gasteiger partial charge < -0.3 is 9.84 Å². The summed E-state index contributed by atoms with van der Waals surface area (Å²) in [6.45, 7) is 2.50. The first-order chi connectivity index (χ1) is 9.57. The molecule has 1 atom stereocenters. The number of halogens is 2. The smallest absolute Gasteiger partial charge is 0.126 e. The van der Waals surface area contributed by atoms with Crippen molar-refractivity contribution in [2.45, 2.75) is 57.2 Å². The van der Waals surface area contributed by atoms with Gasteiger partial charge in [0.1, 0.15) is 5.82 Å². The molecule has 0 spiro atoms. The van der Waals surface area contributed by atoms with E-state index >= 15 is 0 Å². The highest BCUT2D eigenvalue weighted by Gasteiger charge is 2.40. The van der Waals surface area contributed by atoms with E-state index in [9.17, 15) is 9.50 Å². The molecule has 1 aliphatic rings. The average molecular weight is 301 g/mol. The fourth-order valence-electron chi connectivity index (χ4n) is 3.11. The number of hydrogen-bond acceptors (Lipinski definition) is 2. The van der Waals surface area contributed by atoms with Crippen LogP contribution in [0, 0.1) is 5.82 Å². The number of aliphatic hydroxyl groups is 1. The molecule has 1 aliphatic carbocycles. The van der Waals surface area contributed by atoms with E-state index in [1.807, 2.05) is 6.92 Å². The SMILES string of the molecule is CCOC1(C(O)Cc2cc(Cl)ccc2F)CCCCC1. The molecular weight excluding hydrogens is 279 g/mol. The predicted octanol–water partition coefficient (Wildman–Crippen LogP) is 4.12. The number of aliphatic hydroxyl groups excluding tert-OH is 1. The summed E-state index contributed by atoms with van der Waals surface area (Å²) in [6.07, 6.45) is 4.49. The lowest BCUT2D eigenvalue weighted by atomic mass is 9.78. The predicted molar refractivity (Wildman–Crippen MR) is 78.6 cm³/mol. The molecule has 0 heterocycles. The van der Waals surface area contributed by atoms with E-state index in [0.29, 0.717) is 17.2 Å². The summed E-state index contributed by atoms with van der Waals surface area (Å²) < 4.78 is 19.7. The van der Waals surface area contributed by atoms with Crippen molar-refractivity contribution in [3.63, 3.8) is 0 Å². The molecule has 1 aromatic rings. The molecule has 0 amide bonds. The van der Waals surface area contributed by atoms with E-state index in [2.05, 4.69) is 0 Å². The number of benzene rings is 1. The Morgan fingerprint density at radius 3 is 2.70 bits per heavy atom. The Labute approximate surface area is 124 Å². The fraction of sp³-hybridized carbons (Fsp3) is 0.625. The van der Waals surface area contributed by atoms with Crippen molar-refractivity contribution in [1.82, 2.24) is 0 Å². The molecule has 1 unspecified atom stereocenters. The lowest BCUT2D eigenvalue weighted by Crippen LogP contribution is -2.47. The van der Waals surface area contributed by atoms with Crippen molar-refractivity contribution in [1.29, 1.82) is 0 Å². The number of rotatable bonds is 5. The Balaban J connectivity index is 2.15. The molecular formula is C16H22ClFO2. The molecule has 112 valence electrons. The molecule has 2 rings (SSSR count). The lowest BCUT2D eigenvalue weighted by Gasteiger charge is -2.41. The molecule has 1 saturated carbocycles. The highest BCUT2D eigenvalue weighted by atomic mass is 35.5. The molecule has 0 bridgehead atoms. The maximum atomic E-state index is 13.8. The van der Waals surface area contributed by atoms with Gasteiger partial charge in [0.05, 0.1) is 11.7 Å². The Kier molecular flexibility index (Phi) is 5.42. The zero-order valence-corrected chi connectivity index (χ0v) is 12.6. The average Bonchev–Trinajstić information content (AvgIpc) is 2.44. The zero-order valence-electron chi connectivity index (χ0n) is 11.9. The first-order valence-electron chi connectivity index (χ1n) is 7.33. The van der Waals surface area contributed by atoms with Crippen LogP contribution in [0.5, 0.6) is 0 Å². The van der Waals surface area contributed by atoms with Crippen LogP contribution in [0.1, 0.15) is 44.6 Å². The van der Waals surface area contributed by atoms with Gasteiger partial charge >= 0.3 is 0 Å². The molecule has 4 heteroatoms. The van der Waals surface area contributed by atoms with Crippen LogP contribution in [0.15, 0.2) is 18.2 Å². The topological polar surface area (TPSA) is 29.5 Å². The van der Waals surface area contributed by atoms with E-state index in [1.54, 1.807) is 6.07 Å². The summed E-state index contributed by atoms with van der Waals surface area (Å²) in [5, 5.41) is 11.1. The minimum atomic E-state index is -0.698. The molecule has 1 fully saturated rings. The second-order valence-electron chi connectivity index (χ2n) is 5.51. The van der Waals surface area contributed by atoms with Gasteiger partial charge in [-0.05, 0) is 43.5 Å². The van der Waals surface area contributed by atoms with Crippen molar-refractivity contribution < 1.29 is 14.2 Å². The third kappa shape index (κ3) is 3.51. The van der Waals surface area contributed by atoms with Crippen molar-refractivity contribution in [2.24, 2.45) is 0 Å². The van der Waals surface area contributed by atoms with Crippen LogP contribution in [0.4, 0.5) is 4.39 Å². The number of ether oxygens (including phenoxy) is 1. The van der Waals surface area contributed by atoms with Crippen LogP contribution in [-0.4, -0.2) is 23.4 Å². The number of hydrogen-bond donors (Lipinski definition) is 1. The van der Waals surface area contributed by atoms with Gasteiger partial charge in [-0.25, -0.2) is 4.39 Å². The summed E-state index contributed by atoms with van der Waals surface area (Å²) >= 11 is 5.90. The van der Waals surface area contributed by atoms with Crippen molar-refractivity contribution in [2.75, 3.05) is 6.61 Å². The maximum absolute atomic E-state index is 13.8. The summed E-state index contributed by atoms with van der Waals surface area (Å²) in [6, 6.07) is 4.45. The first-order valence-corrected chi connectivity index (χ1v) is 7.71. The van der Waals surface area contributed by atoms with Crippen LogP contribution in [0.3, 0.4) is 0 Å². The summed E-state index contributed by atoms with van der Waals surface area (Å²) in [4.78, 5) is 0. The second-order valence-corrected chi connectivity index (χ2v) is 5.95. The Morgan fingerprint density at radius 2 is 2.05 bits per heavy atom. The van der Waals surface area contributed by atoms with Gasteiger partial charge in [0.15, 0.2) is 0 Å². The first kappa shape index (κ1) is 15.7. The normalized spacial score (nSPS) is 19.8. The standard InChI is InChI=1S/C16H22ClFO2/c1-2-20-16(8-4-3-5-9-16)15(19)11-12-10-13(17)6-7-14(12)18/h6-7,10,15,19H,2-5,8-9,11H2,1H3. The van der Waals surface area contributed by atoms with Gasteiger partial charge in [0.25, 0.3) is 0 Å². The van der Waals surface area contributed by atoms with E-state index in [0.717, 1.165) is 25.7 Å². The highest BCUT2D eigenvalue weighted by molar-refractivity contribution is 6.30. The highest BCUT2D eigenvalue weighted by Crippen LogP contribution is 2.36. The van der Waals surface area contributed by atoms with Gasteiger partial charge in [-0.15, -0.1) is 0 Å². The van der Waals surface area contributed by atoms with Crippen LogP contribution in [0.25, 0.3) is 0 Å². The maximum Gasteiger partial charge on any atom is 0.126 e. The Morgan fingerprint density at radius 1 is 1.35 bits per heavy atom. The molecule has 0 radical (unpaired) electrons. The third-order valence-corrected chi connectivity index (χ3v) is 4.40. The zero-order chi connectivity index (χ0) is 14.6. The van der Waals surface area contributed by atoms with Crippen molar-refractivity contribution >= 4 is 11.6 Å². The lowest BCUT2D eigenvalue weighted by molar-refractivity contribution is -0.138. The molecule has 0 aromatic heterocycles. The van der Waals surface area contributed by atoms with Crippen LogP contribution in [0.2, 0.25) is 5.02 Å². The second kappa shape index (κ2) is 6.88. The molecule has 0 saturated heterocycles. The minimum Gasteiger partial charge on any atom is -0.390 e. The Hall–Kier alpha value is -0.640. The van der Waals surface area contributed by atoms with Crippen LogP contribution in [-0.2, 0) is 11.2 Å². The van der Waals surface area contributed by atoms with Crippen molar-refractivity contribution in [3.05, 3.63) is 34.6 Å². The quantitative estimate of drug-likeness (QED) is 0.886. The van der Waals surface area contributed by atoms with Gasteiger partial charge in [-0.3, -0.25) is 0 Å². The fourth-order valence-corrected chi connectivity index (χ4v) is 3.30. The van der Waals surface area contributed by atoms with E-state index < -0.39 is 11.7 Å². The summed E-state index contributed by atoms with van der Waals surface area (Å²) in [5.41, 5.74) is -0.0727. The molecule has 0 aliphatic heterocycles. The largest absolute Gasteiger partial charge is 0.390 e. The van der Waals surface area contributed by atoms with Gasteiger partial charge in [-0.1, -0.05) is 30.9 Å². The summed E-state index contributed by atoms with van der Waals surface area (Å²) in [7, 11) is 0. The summed E-state index contributed by atoms with van der Waals surface area (Å²) in [5.74, 6) is -0.323. The van der Waals surface area contributed by atoms with Gasteiger partial charge in [0.2, 0.25) is 0 Å². The van der Waals surface area contributed by atoms with Crippen LogP contribution >= 0.6 is 11.6 Å². The van der Waals surface area contributed by atoms with E-state index in [-0.39, 0.29) is 12.2 Å². The van der Waals surface area contributed by atoms with E-state index in [1.165, 1.54) is 18.6 Å². The van der Waals surface area contributed by atoms with Crippen molar-refractivity contribution in [3.8, 4) is 0 Å². The van der Waals surface area contributed by atoms with E-state index in [4.69, 9.17) is 16.3 Å². The third-order valence-electron chi connectivity index (χ3n) is 4.16. The molecule has 20 heavy (non-hydrogen) atoms. The van der Waals surface area contributed by atoms with Crippen LogP contribution < -0.4 is 0 Å².